The molecule has 8 heteroatoms. The average Bonchev–Trinajstić information content (AvgIpc) is 2.95. The van der Waals surface area contributed by atoms with Gasteiger partial charge < -0.3 is 19.5 Å². The molecule has 0 unspecified atom stereocenters. The molecule has 8 nitrogen and oxygen atoms in total. The molecule has 0 spiro atoms. The SMILES string of the molecule is CCC(=O)[C@@](C)(C(=O)CO)N(C)C(=O)c1ccc(-c2ccc(OCCCCN3CCOCC3)cc2)cc1. The Labute approximate surface area is 219 Å². The van der Waals surface area contributed by atoms with E-state index in [1.807, 2.05) is 36.4 Å². The Bertz CT molecular complexity index is 1030. The Morgan fingerprint density at radius 3 is 2.14 bits per heavy atom. The Kier molecular flexibility index (Phi) is 10.4. The van der Waals surface area contributed by atoms with Gasteiger partial charge in [0.25, 0.3) is 5.91 Å². The van der Waals surface area contributed by atoms with Crippen molar-refractivity contribution in [2.45, 2.75) is 38.6 Å². The number of carbonyl (C=O) groups is 3. The first-order valence-corrected chi connectivity index (χ1v) is 12.9. The van der Waals surface area contributed by atoms with Crippen LogP contribution in [0.15, 0.2) is 48.5 Å². The summed E-state index contributed by atoms with van der Waals surface area (Å²) in [5.41, 5.74) is 0.546. The molecule has 2 aromatic rings. The van der Waals surface area contributed by atoms with Gasteiger partial charge in [-0.15, -0.1) is 0 Å². The van der Waals surface area contributed by atoms with Crippen LogP contribution in [0.3, 0.4) is 0 Å². The van der Waals surface area contributed by atoms with Gasteiger partial charge in [-0.25, -0.2) is 0 Å². The van der Waals surface area contributed by atoms with Gasteiger partial charge in [-0.1, -0.05) is 31.2 Å². The zero-order chi connectivity index (χ0) is 26.8. The molecule has 1 saturated heterocycles. The fourth-order valence-electron chi connectivity index (χ4n) is 4.43. The maximum atomic E-state index is 13.1. The van der Waals surface area contributed by atoms with Crippen molar-refractivity contribution in [3.8, 4) is 16.9 Å². The third-order valence-electron chi connectivity index (χ3n) is 7.09. The topological polar surface area (TPSA) is 96.4 Å². The van der Waals surface area contributed by atoms with E-state index in [4.69, 9.17) is 9.47 Å². The molecule has 0 saturated carbocycles. The Balaban J connectivity index is 1.55. The number of ether oxygens (including phenoxy) is 2. The third kappa shape index (κ3) is 7.03. The predicted octanol–water partition coefficient (Wildman–Crippen LogP) is 3.22. The average molecular weight is 511 g/mol. The zero-order valence-corrected chi connectivity index (χ0v) is 22.1. The fourth-order valence-corrected chi connectivity index (χ4v) is 4.43. The van der Waals surface area contributed by atoms with Crippen LogP contribution in [0.4, 0.5) is 0 Å². The first-order valence-electron chi connectivity index (χ1n) is 12.9. The van der Waals surface area contributed by atoms with Gasteiger partial charge in [-0.05, 0) is 61.7 Å². The number of ketones is 2. The molecule has 3 rings (SSSR count). The predicted molar refractivity (Wildman–Crippen MR) is 142 cm³/mol. The van der Waals surface area contributed by atoms with Gasteiger partial charge in [-0.3, -0.25) is 19.3 Å². The summed E-state index contributed by atoms with van der Waals surface area (Å²) in [6, 6.07) is 14.8. The minimum absolute atomic E-state index is 0.0763. The smallest absolute Gasteiger partial charge is 0.254 e. The minimum atomic E-state index is -1.71. The van der Waals surface area contributed by atoms with Crippen LogP contribution in [0, 0.1) is 0 Å². The molecule has 200 valence electrons. The van der Waals surface area contributed by atoms with E-state index in [9.17, 15) is 19.5 Å². The summed E-state index contributed by atoms with van der Waals surface area (Å²) in [6.07, 6.45) is 2.17. The number of rotatable bonds is 13. The maximum absolute atomic E-state index is 13.1. The summed E-state index contributed by atoms with van der Waals surface area (Å²) in [5, 5.41) is 9.36. The van der Waals surface area contributed by atoms with Crippen LogP contribution in [-0.4, -0.2) is 91.0 Å². The summed E-state index contributed by atoms with van der Waals surface area (Å²) in [6.45, 7) is 7.61. The van der Waals surface area contributed by atoms with E-state index >= 15 is 0 Å². The second kappa shape index (κ2) is 13.5. The molecule has 0 radical (unpaired) electrons. The lowest BCUT2D eigenvalue weighted by Gasteiger charge is -2.35. The number of aliphatic hydroxyl groups excluding tert-OH is 1. The molecule has 1 fully saturated rings. The fraction of sp³-hybridized carbons (Fsp3) is 0.483. The van der Waals surface area contributed by atoms with Gasteiger partial charge >= 0.3 is 0 Å². The molecule has 1 aliphatic rings. The van der Waals surface area contributed by atoms with Gasteiger partial charge in [0.2, 0.25) is 0 Å². The lowest BCUT2D eigenvalue weighted by Crippen LogP contribution is -2.59. The van der Waals surface area contributed by atoms with Crippen molar-refractivity contribution >= 4 is 17.5 Å². The van der Waals surface area contributed by atoms with Crippen molar-refractivity contribution in [1.29, 1.82) is 0 Å². The molecule has 1 aliphatic heterocycles. The number of Topliss-reactive ketones (excluding diaryl/α,β-unsaturated/α-hetero) is 2. The number of amides is 1. The number of nitrogens with zero attached hydrogens (tertiary/aromatic N) is 2. The normalized spacial score (nSPS) is 15.6. The summed E-state index contributed by atoms with van der Waals surface area (Å²) in [7, 11) is 1.42. The molecular weight excluding hydrogens is 472 g/mol. The summed E-state index contributed by atoms with van der Waals surface area (Å²) >= 11 is 0. The molecule has 37 heavy (non-hydrogen) atoms. The largest absolute Gasteiger partial charge is 0.494 e. The number of unbranched alkanes of at least 4 members (excludes halogenated alkanes) is 1. The Morgan fingerprint density at radius 2 is 1.57 bits per heavy atom. The van der Waals surface area contributed by atoms with Crippen molar-refractivity contribution in [3.63, 3.8) is 0 Å². The van der Waals surface area contributed by atoms with E-state index in [0.29, 0.717) is 12.2 Å². The van der Waals surface area contributed by atoms with Crippen LogP contribution in [0.25, 0.3) is 11.1 Å². The number of aliphatic hydroxyl groups is 1. The summed E-state index contributed by atoms with van der Waals surface area (Å²) in [5.74, 6) is -0.767. The molecule has 1 atom stereocenters. The number of carbonyl (C=O) groups excluding carboxylic acids is 3. The van der Waals surface area contributed by atoms with E-state index in [-0.39, 0.29) is 6.42 Å². The number of likely N-dealkylation sites (N-methyl/N-ethyl adjacent to an activating group) is 1. The Hall–Kier alpha value is -3.07. The van der Waals surface area contributed by atoms with Crippen molar-refractivity contribution in [2.75, 3.05) is 53.1 Å². The second-order valence-electron chi connectivity index (χ2n) is 9.41. The van der Waals surface area contributed by atoms with Gasteiger partial charge in [0.1, 0.15) is 12.4 Å². The minimum Gasteiger partial charge on any atom is -0.494 e. The molecule has 1 N–H and O–H groups in total. The molecule has 0 bridgehead atoms. The highest BCUT2D eigenvalue weighted by Gasteiger charge is 2.45. The van der Waals surface area contributed by atoms with Crippen molar-refractivity contribution in [1.82, 2.24) is 9.80 Å². The standard InChI is InChI=1S/C29H38N2O6/c1-4-26(33)29(2,27(34)21-32)30(3)28(35)24-9-7-22(8-10-24)23-11-13-25(14-12-23)37-18-6-5-15-31-16-19-36-20-17-31/h7-14,32H,4-6,15-21H2,1-3H3/t29-/m0/s1. The molecule has 2 aromatic carbocycles. The number of hydrogen-bond donors (Lipinski definition) is 1. The number of morpholine rings is 1. The van der Waals surface area contributed by atoms with Gasteiger partial charge in [0.05, 0.1) is 19.8 Å². The van der Waals surface area contributed by atoms with Gasteiger partial charge in [0.15, 0.2) is 17.1 Å². The van der Waals surface area contributed by atoms with Crippen LogP contribution in [0.5, 0.6) is 5.75 Å². The van der Waals surface area contributed by atoms with E-state index < -0.39 is 29.6 Å². The second-order valence-corrected chi connectivity index (χ2v) is 9.41. The van der Waals surface area contributed by atoms with Crippen LogP contribution >= 0.6 is 0 Å². The monoisotopic (exact) mass is 510 g/mol. The quantitative estimate of drug-likeness (QED) is 0.327. The Morgan fingerprint density at radius 1 is 0.973 bits per heavy atom. The summed E-state index contributed by atoms with van der Waals surface area (Å²) in [4.78, 5) is 41.5. The van der Waals surface area contributed by atoms with Gasteiger partial charge in [0, 0.05) is 32.1 Å². The number of benzene rings is 2. The third-order valence-corrected chi connectivity index (χ3v) is 7.09. The van der Waals surface area contributed by atoms with Crippen LogP contribution < -0.4 is 4.74 Å². The molecule has 1 amide bonds. The van der Waals surface area contributed by atoms with Crippen molar-refractivity contribution in [3.05, 3.63) is 54.1 Å². The molecular formula is C29H38N2O6. The summed E-state index contributed by atoms with van der Waals surface area (Å²) < 4.78 is 11.3. The van der Waals surface area contributed by atoms with Crippen molar-refractivity contribution < 1.29 is 29.0 Å². The highest BCUT2D eigenvalue weighted by molar-refractivity contribution is 6.15. The van der Waals surface area contributed by atoms with E-state index in [1.54, 1.807) is 19.1 Å². The van der Waals surface area contributed by atoms with Crippen LogP contribution in [0.1, 0.15) is 43.5 Å². The first-order chi connectivity index (χ1) is 17.8. The van der Waals surface area contributed by atoms with E-state index in [2.05, 4.69) is 4.90 Å². The highest BCUT2D eigenvalue weighted by Crippen LogP contribution is 2.25. The zero-order valence-electron chi connectivity index (χ0n) is 22.1. The van der Waals surface area contributed by atoms with E-state index in [1.165, 1.54) is 14.0 Å². The molecule has 0 aliphatic carbocycles. The molecule has 0 aromatic heterocycles. The maximum Gasteiger partial charge on any atom is 0.254 e. The highest BCUT2D eigenvalue weighted by atomic mass is 16.5. The van der Waals surface area contributed by atoms with Gasteiger partial charge in [-0.2, -0.15) is 0 Å². The first kappa shape index (κ1) is 28.5. The lowest BCUT2D eigenvalue weighted by molar-refractivity contribution is -0.141. The van der Waals surface area contributed by atoms with Crippen molar-refractivity contribution in [2.24, 2.45) is 0 Å². The number of hydrogen-bond acceptors (Lipinski definition) is 7. The van der Waals surface area contributed by atoms with E-state index in [0.717, 1.165) is 67.5 Å². The van der Waals surface area contributed by atoms with Crippen LogP contribution in [-0.2, 0) is 14.3 Å². The van der Waals surface area contributed by atoms with Crippen LogP contribution in [0.2, 0.25) is 0 Å². The molecule has 1 heterocycles. The lowest BCUT2D eigenvalue weighted by atomic mass is 9.87.